The molecule has 1 N–H and O–H groups in total. The molecule has 0 amide bonds. The molecule has 0 bridgehead atoms. The SMILES string of the molecule is CNC(Cc1ccccc1)[C](C)=[Ca]. The van der Waals surface area contributed by atoms with Crippen molar-refractivity contribution in [3.8, 4) is 0 Å². The van der Waals surface area contributed by atoms with Gasteiger partial charge in [0.2, 0.25) is 0 Å². The minimum atomic E-state index is 0.558. The number of nitrogens with one attached hydrogen (secondary N) is 1. The van der Waals surface area contributed by atoms with Gasteiger partial charge in [-0.2, -0.15) is 0 Å². The summed E-state index contributed by atoms with van der Waals surface area (Å²) in [5.41, 5.74) is 1.41. The van der Waals surface area contributed by atoms with E-state index in [1.54, 1.807) is 1.58 Å². The van der Waals surface area contributed by atoms with Crippen molar-refractivity contribution >= 4 is 36.8 Å². The Balaban J connectivity index is 2.62. The van der Waals surface area contributed by atoms with Crippen LogP contribution in [0.2, 0.25) is 0 Å². The van der Waals surface area contributed by atoms with E-state index < -0.39 is 0 Å². The van der Waals surface area contributed by atoms with Crippen molar-refractivity contribution in [3.05, 3.63) is 35.9 Å². The van der Waals surface area contributed by atoms with Crippen LogP contribution < -0.4 is 5.32 Å². The second-order valence-electron chi connectivity index (χ2n) is 3.38. The Hall–Kier alpha value is 0.310. The van der Waals surface area contributed by atoms with Crippen molar-refractivity contribution in [2.24, 2.45) is 0 Å². The fourth-order valence-electron chi connectivity index (χ4n) is 1.37. The summed E-state index contributed by atoms with van der Waals surface area (Å²) in [6.07, 6.45) is 1.11. The molecule has 0 heterocycles. The maximum absolute atomic E-state index is 3.34. The molecule has 1 unspecified atom stereocenters. The van der Waals surface area contributed by atoms with E-state index in [9.17, 15) is 0 Å². The zero-order chi connectivity index (χ0) is 9.68. The van der Waals surface area contributed by atoms with Crippen LogP contribution in [-0.2, 0) is 6.42 Å². The second kappa shape index (κ2) is 5.92. The standard InChI is InChI=1S/C11H15N.Ca/c1-3-11(12-2)9-10-7-5-4-6-8-10;/h4-8,11-12H,9H2,1-2H3;. The molecule has 0 saturated heterocycles. The average molecular weight is 201 g/mol. The summed E-state index contributed by atoms with van der Waals surface area (Å²) < 4.78 is 1.56. The van der Waals surface area contributed by atoms with E-state index in [1.807, 2.05) is 7.05 Å². The predicted molar refractivity (Wildman–Crippen MR) is 59.4 cm³/mol. The molecule has 0 spiro atoms. The quantitative estimate of drug-likeness (QED) is 0.721. The van der Waals surface area contributed by atoms with Gasteiger partial charge < -0.3 is 0 Å². The number of rotatable bonds is 4. The van der Waals surface area contributed by atoms with Gasteiger partial charge in [0.15, 0.2) is 0 Å². The van der Waals surface area contributed by atoms with Crippen molar-refractivity contribution < 1.29 is 0 Å². The zero-order valence-corrected chi connectivity index (χ0v) is 10.6. The van der Waals surface area contributed by atoms with Gasteiger partial charge in [-0.3, -0.25) is 0 Å². The van der Waals surface area contributed by atoms with Gasteiger partial charge >= 0.3 is 104 Å². The Morgan fingerprint density at radius 1 is 1.38 bits per heavy atom. The van der Waals surface area contributed by atoms with Gasteiger partial charge in [-0.1, -0.05) is 0 Å². The number of hydrogen-bond acceptors (Lipinski definition) is 1. The monoisotopic (exact) mass is 201 g/mol. The molecular weight excluding hydrogens is 186 g/mol. The first-order valence-electron chi connectivity index (χ1n) is 4.60. The van der Waals surface area contributed by atoms with Crippen molar-refractivity contribution in [2.45, 2.75) is 19.4 Å². The molecule has 1 nitrogen and oxygen atoms in total. The molecular formula is C11H15CaN. The molecule has 0 saturated carbocycles. The van der Waals surface area contributed by atoms with Crippen LogP contribution in [-0.4, -0.2) is 49.9 Å². The van der Waals surface area contributed by atoms with Crippen molar-refractivity contribution in [2.75, 3.05) is 7.05 Å². The summed E-state index contributed by atoms with van der Waals surface area (Å²) in [7, 11) is 2.03. The van der Waals surface area contributed by atoms with Crippen LogP contribution in [0.5, 0.6) is 0 Å². The predicted octanol–water partition coefficient (Wildman–Crippen LogP) is 1.18. The first-order chi connectivity index (χ1) is 6.24. The van der Waals surface area contributed by atoms with E-state index in [0.717, 1.165) is 6.42 Å². The van der Waals surface area contributed by atoms with E-state index >= 15 is 0 Å². The summed E-state index contributed by atoms with van der Waals surface area (Å²) in [6, 6.07) is 11.2. The molecule has 1 aromatic carbocycles. The summed E-state index contributed by atoms with van der Waals surface area (Å²) in [4.78, 5) is 0. The molecule has 13 heavy (non-hydrogen) atoms. The van der Waals surface area contributed by atoms with Gasteiger partial charge in [-0.15, -0.1) is 0 Å². The van der Waals surface area contributed by atoms with Gasteiger partial charge in [0, 0.05) is 0 Å². The van der Waals surface area contributed by atoms with Gasteiger partial charge in [0.1, 0.15) is 0 Å². The molecule has 0 aliphatic carbocycles. The van der Waals surface area contributed by atoms with Crippen molar-refractivity contribution in [3.63, 3.8) is 0 Å². The van der Waals surface area contributed by atoms with Crippen LogP contribution in [0.4, 0.5) is 0 Å². The molecule has 0 aromatic heterocycles. The van der Waals surface area contributed by atoms with Crippen LogP contribution in [0.1, 0.15) is 12.5 Å². The second-order valence-corrected chi connectivity index (χ2v) is 5.12. The third-order valence-electron chi connectivity index (χ3n) is 2.23. The van der Waals surface area contributed by atoms with E-state index in [1.165, 1.54) is 40.8 Å². The zero-order valence-electron chi connectivity index (χ0n) is 8.38. The Kier molecular flexibility index (Phi) is 5.18. The molecule has 2 heteroatoms. The van der Waals surface area contributed by atoms with Gasteiger partial charge in [-0.05, 0) is 0 Å². The first kappa shape index (κ1) is 11.4. The van der Waals surface area contributed by atoms with Crippen LogP contribution in [0.3, 0.4) is 0 Å². The fourth-order valence-corrected chi connectivity index (χ4v) is 1.92. The molecule has 1 rings (SSSR count). The van der Waals surface area contributed by atoms with Crippen molar-refractivity contribution in [1.29, 1.82) is 0 Å². The van der Waals surface area contributed by atoms with E-state index in [-0.39, 0.29) is 0 Å². The maximum atomic E-state index is 3.34. The minimum absolute atomic E-state index is 0.558. The summed E-state index contributed by atoms with van der Waals surface area (Å²) in [5, 5.41) is 3.34. The molecule has 0 fully saturated rings. The average Bonchev–Trinajstić information content (AvgIpc) is 2.15. The number of likely N-dealkylation sites (N-methyl/N-ethyl adjacent to an activating group) is 1. The van der Waals surface area contributed by atoms with Crippen LogP contribution >= 0.6 is 0 Å². The topological polar surface area (TPSA) is 12.0 Å². The fraction of sp³-hybridized carbons (Fsp3) is 0.364. The molecule has 1 atom stereocenters. The van der Waals surface area contributed by atoms with E-state index in [0.29, 0.717) is 6.04 Å². The Bertz CT molecular complexity index is 269. The summed E-state index contributed by atoms with van der Waals surface area (Å²) >= 11 is 1.28. The molecule has 0 aliphatic heterocycles. The van der Waals surface area contributed by atoms with Gasteiger partial charge in [-0.25, -0.2) is 0 Å². The van der Waals surface area contributed by atoms with E-state index in [2.05, 4.69) is 42.6 Å². The Labute approximate surface area is 104 Å². The van der Waals surface area contributed by atoms with Crippen molar-refractivity contribution in [1.82, 2.24) is 5.32 Å². The Morgan fingerprint density at radius 2 is 2.00 bits per heavy atom. The molecule has 0 radical (unpaired) electrons. The number of benzene rings is 1. The molecule has 1 aromatic rings. The number of hydrogen-bond donors (Lipinski definition) is 1. The van der Waals surface area contributed by atoms with Gasteiger partial charge in [0.25, 0.3) is 0 Å². The normalized spacial score (nSPS) is 12.6. The third kappa shape index (κ3) is 3.90. The summed E-state index contributed by atoms with van der Waals surface area (Å²) in [5.74, 6) is 0. The summed E-state index contributed by atoms with van der Waals surface area (Å²) in [6.45, 7) is 2.23. The van der Waals surface area contributed by atoms with Crippen LogP contribution in [0.25, 0.3) is 0 Å². The van der Waals surface area contributed by atoms with Crippen LogP contribution in [0.15, 0.2) is 30.3 Å². The third-order valence-corrected chi connectivity index (χ3v) is 3.00. The van der Waals surface area contributed by atoms with Crippen LogP contribution in [0, 0.1) is 0 Å². The first-order valence-corrected chi connectivity index (χ1v) is 5.71. The van der Waals surface area contributed by atoms with Gasteiger partial charge in [0.05, 0.1) is 0 Å². The molecule has 66 valence electrons. The molecule has 0 aliphatic rings. The Morgan fingerprint density at radius 3 is 2.46 bits per heavy atom. The van der Waals surface area contributed by atoms with E-state index in [4.69, 9.17) is 0 Å².